The highest BCUT2D eigenvalue weighted by Gasteiger charge is 2.23. The van der Waals surface area contributed by atoms with E-state index in [4.69, 9.17) is 9.97 Å². The third-order valence-electron chi connectivity index (χ3n) is 8.34. The number of rotatable bonds is 5. The molecule has 7 aromatic rings. The minimum atomic E-state index is 0.0954. The second kappa shape index (κ2) is 10.7. The van der Waals surface area contributed by atoms with Crippen LogP contribution in [-0.2, 0) is 0 Å². The van der Waals surface area contributed by atoms with Gasteiger partial charge in [0.05, 0.1) is 16.7 Å². The molecular weight excluding hydrogens is 522 g/mol. The van der Waals surface area contributed by atoms with Gasteiger partial charge in [-0.3, -0.25) is 0 Å². The Labute approximate surface area is 251 Å². The van der Waals surface area contributed by atoms with Crippen molar-refractivity contribution in [3.8, 4) is 28.1 Å². The minimum Gasteiger partial charge on any atom is -0.306 e. The summed E-state index contributed by atoms with van der Waals surface area (Å²) in [5.41, 5.74) is 11.1. The molecule has 1 unspecified atom stereocenters. The van der Waals surface area contributed by atoms with Crippen LogP contribution in [0.1, 0.15) is 23.7 Å². The Morgan fingerprint density at radius 1 is 0.558 bits per heavy atom. The first kappa shape index (κ1) is 25.2. The van der Waals surface area contributed by atoms with Crippen LogP contribution in [-0.4, -0.2) is 14.5 Å². The molecule has 204 valence electrons. The zero-order valence-corrected chi connectivity index (χ0v) is 23.6. The lowest BCUT2D eigenvalue weighted by atomic mass is 9.92. The maximum atomic E-state index is 5.36. The molecule has 1 aliphatic carbocycles. The van der Waals surface area contributed by atoms with Crippen molar-refractivity contribution < 1.29 is 0 Å². The number of aromatic nitrogens is 3. The highest BCUT2D eigenvalue weighted by Crippen LogP contribution is 2.39. The van der Waals surface area contributed by atoms with Gasteiger partial charge in [-0.25, -0.2) is 9.97 Å². The standard InChI is InChI=1S/C40H29N3/c1-4-12-28(13-5-1)30-20-24-32(25-21-30)37-39-38(35-18-10-11-19-36(35)43(39)34-16-8-3-9-17-34)42-40(41-37)33-26-22-31(23-27-33)29-14-6-2-7-15-29/h1-26,33H,27H2. The summed E-state index contributed by atoms with van der Waals surface area (Å²) in [6.45, 7) is 0. The molecule has 1 aliphatic rings. The van der Waals surface area contributed by atoms with Crippen molar-refractivity contribution in [2.24, 2.45) is 0 Å². The van der Waals surface area contributed by atoms with Gasteiger partial charge in [0.2, 0.25) is 0 Å². The van der Waals surface area contributed by atoms with Crippen molar-refractivity contribution >= 4 is 27.5 Å². The van der Waals surface area contributed by atoms with Gasteiger partial charge in [-0.05, 0) is 46.9 Å². The highest BCUT2D eigenvalue weighted by molar-refractivity contribution is 6.11. The molecule has 5 aromatic carbocycles. The fourth-order valence-corrected chi connectivity index (χ4v) is 6.18. The molecule has 2 heterocycles. The van der Waals surface area contributed by atoms with Crippen molar-refractivity contribution in [1.82, 2.24) is 14.5 Å². The summed E-state index contributed by atoms with van der Waals surface area (Å²) in [5, 5.41) is 1.13. The van der Waals surface area contributed by atoms with Crippen LogP contribution in [0.2, 0.25) is 0 Å². The van der Waals surface area contributed by atoms with E-state index < -0.39 is 0 Å². The molecular formula is C40H29N3. The molecule has 1 atom stereocenters. The molecule has 0 amide bonds. The van der Waals surface area contributed by atoms with E-state index in [1.165, 1.54) is 22.3 Å². The first-order valence-electron chi connectivity index (χ1n) is 14.8. The Hall–Kier alpha value is -5.54. The summed E-state index contributed by atoms with van der Waals surface area (Å²) in [5.74, 6) is 0.947. The summed E-state index contributed by atoms with van der Waals surface area (Å²) in [6, 6.07) is 49.0. The summed E-state index contributed by atoms with van der Waals surface area (Å²) in [4.78, 5) is 10.7. The molecule has 0 fully saturated rings. The molecule has 0 spiro atoms. The first-order chi connectivity index (χ1) is 21.3. The molecule has 0 saturated carbocycles. The summed E-state index contributed by atoms with van der Waals surface area (Å²) in [7, 11) is 0. The average molecular weight is 552 g/mol. The fraction of sp³-hybridized carbons (Fsp3) is 0.0500. The van der Waals surface area contributed by atoms with E-state index in [0.29, 0.717) is 0 Å². The normalized spacial score (nSPS) is 14.7. The van der Waals surface area contributed by atoms with Crippen molar-refractivity contribution in [2.45, 2.75) is 12.3 Å². The van der Waals surface area contributed by atoms with E-state index in [1.807, 2.05) is 0 Å². The molecule has 0 radical (unpaired) electrons. The van der Waals surface area contributed by atoms with E-state index in [-0.39, 0.29) is 5.92 Å². The summed E-state index contributed by atoms with van der Waals surface area (Å²) >= 11 is 0. The largest absolute Gasteiger partial charge is 0.306 e. The minimum absolute atomic E-state index is 0.0954. The van der Waals surface area contributed by atoms with Crippen molar-refractivity contribution in [3.63, 3.8) is 0 Å². The maximum absolute atomic E-state index is 5.36. The molecule has 0 saturated heterocycles. The van der Waals surface area contributed by atoms with E-state index in [2.05, 4.69) is 162 Å². The number of hydrogen-bond acceptors (Lipinski definition) is 2. The van der Waals surface area contributed by atoms with Gasteiger partial charge in [-0.15, -0.1) is 0 Å². The van der Waals surface area contributed by atoms with Crippen LogP contribution in [0, 0.1) is 0 Å². The molecule has 3 heteroatoms. The zero-order valence-electron chi connectivity index (χ0n) is 23.6. The number of allylic oxidation sites excluding steroid dienone is 4. The van der Waals surface area contributed by atoms with Crippen LogP contribution in [0.15, 0.2) is 158 Å². The average Bonchev–Trinajstić information content (AvgIpc) is 3.44. The molecule has 0 N–H and O–H groups in total. The Bertz CT molecular complexity index is 2120. The van der Waals surface area contributed by atoms with E-state index in [9.17, 15) is 0 Å². The maximum Gasteiger partial charge on any atom is 0.137 e. The molecule has 43 heavy (non-hydrogen) atoms. The van der Waals surface area contributed by atoms with Crippen molar-refractivity contribution in [1.29, 1.82) is 0 Å². The van der Waals surface area contributed by atoms with Crippen molar-refractivity contribution in [3.05, 3.63) is 169 Å². The van der Waals surface area contributed by atoms with Gasteiger partial charge >= 0.3 is 0 Å². The Morgan fingerprint density at radius 3 is 1.86 bits per heavy atom. The monoisotopic (exact) mass is 551 g/mol. The van der Waals surface area contributed by atoms with Gasteiger partial charge < -0.3 is 4.57 Å². The quantitative estimate of drug-likeness (QED) is 0.213. The third-order valence-corrected chi connectivity index (χ3v) is 8.34. The second-order valence-corrected chi connectivity index (χ2v) is 11.0. The SMILES string of the molecule is C1=CC(c2nc(-c3ccc(-c4ccccc4)cc3)c3c(n2)c2ccccc2n3-c2ccccc2)CC=C1c1ccccc1. The lowest BCUT2D eigenvalue weighted by Gasteiger charge is -2.18. The van der Waals surface area contributed by atoms with E-state index in [0.717, 1.165) is 51.1 Å². The molecule has 3 nitrogen and oxygen atoms in total. The number of fused-ring (bicyclic) bond motifs is 3. The molecule has 0 bridgehead atoms. The number of hydrogen-bond donors (Lipinski definition) is 0. The lowest BCUT2D eigenvalue weighted by Crippen LogP contribution is -2.07. The van der Waals surface area contributed by atoms with Crippen LogP contribution < -0.4 is 0 Å². The van der Waals surface area contributed by atoms with Crippen molar-refractivity contribution in [2.75, 3.05) is 0 Å². The summed E-state index contributed by atoms with van der Waals surface area (Å²) < 4.78 is 2.32. The van der Waals surface area contributed by atoms with Gasteiger partial charge in [0.15, 0.2) is 0 Å². The predicted octanol–water partition coefficient (Wildman–Crippen LogP) is 10.0. The van der Waals surface area contributed by atoms with E-state index in [1.54, 1.807) is 0 Å². The highest BCUT2D eigenvalue weighted by atomic mass is 15.0. The topological polar surface area (TPSA) is 30.7 Å². The number of nitrogens with zero attached hydrogens (tertiary/aromatic N) is 3. The van der Waals surface area contributed by atoms with Crippen LogP contribution in [0.5, 0.6) is 0 Å². The lowest BCUT2D eigenvalue weighted by molar-refractivity contribution is 0.783. The van der Waals surface area contributed by atoms with Gasteiger partial charge in [-0.2, -0.15) is 0 Å². The molecule has 2 aromatic heterocycles. The van der Waals surface area contributed by atoms with Crippen LogP contribution in [0.25, 0.3) is 55.6 Å². The predicted molar refractivity (Wildman–Crippen MR) is 178 cm³/mol. The van der Waals surface area contributed by atoms with Crippen LogP contribution in [0.3, 0.4) is 0 Å². The zero-order chi connectivity index (χ0) is 28.6. The summed E-state index contributed by atoms with van der Waals surface area (Å²) in [6.07, 6.45) is 7.66. The molecule has 8 rings (SSSR count). The van der Waals surface area contributed by atoms with Crippen LogP contribution in [0.4, 0.5) is 0 Å². The third kappa shape index (κ3) is 4.56. The van der Waals surface area contributed by atoms with Gasteiger partial charge in [0.1, 0.15) is 11.3 Å². The van der Waals surface area contributed by atoms with E-state index >= 15 is 0 Å². The Morgan fingerprint density at radius 2 is 1.16 bits per heavy atom. The number of benzene rings is 5. The fourth-order valence-electron chi connectivity index (χ4n) is 6.18. The smallest absolute Gasteiger partial charge is 0.137 e. The second-order valence-electron chi connectivity index (χ2n) is 11.0. The number of para-hydroxylation sites is 2. The van der Waals surface area contributed by atoms with Gasteiger partial charge in [0.25, 0.3) is 0 Å². The van der Waals surface area contributed by atoms with Crippen LogP contribution >= 0.6 is 0 Å². The van der Waals surface area contributed by atoms with Gasteiger partial charge in [0, 0.05) is 22.6 Å². The first-order valence-corrected chi connectivity index (χ1v) is 14.8. The van der Waals surface area contributed by atoms with Gasteiger partial charge in [-0.1, -0.05) is 140 Å². The molecule has 0 aliphatic heterocycles. The Kier molecular flexibility index (Phi) is 6.27. The Balaban J connectivity index is 1.32.